The Balaban J connectivity index is 2.05. The van der Waals surface area contributed by atoms with Gasteiger partial charge in [0.05, 0.1) is 30.8 Å². The molecule has 7 heteroatoms. The van der Waals surface area contributed by atoms with Crippen molar-refractivity contribution in [2.24, 2.45) is 5.92 Å². The van der Waals surface area contributed by atoms with E-state index in [1.165, 1.54) is 11.0 Å². The number of nitrogens with zero attached hydrogens (tertiary/aromatic N) is 2. The lowest BCUT2D eigenvalue weighted by molar-refractivity contribution is -0.148. The number of rotatable bonds is 5. The summed E-state index contributed by atoms with van der Waals surface area (Å²) < 4.78 is 20.0. The lowest BCUT2D eigenvalue weighted by atomic mass is 9.87. The fourth-order valence-corrected chi connectivity index (χ4v) is 3.84. The molecule has 1 amide bonds. The number of carbonyl (C=O) groups is 2. The Morgan fingerprint density at radius 2 is 2.14 bits per heavy atom. The van der Waals surface area contributed by atoms with Crippen molar-refractivity contribution in [3.63, 3.8) is 0 Å². The third kappa shape index (κ3) is 3.52. The van der Waals surface area contributed by atoms with Crippen LogP contribution >= 0.6 is 15.9 Å². The number of fused-ring (bicyclic) bond motifs is 1. The van der Waals surface area contributed by atoms with E-state index in [9.17, 15) is 19.2 Å². The number of carbonyl (C=O) groups excluding carboxylic acids is 2. The lowest BCUT2D eigenvalue weighted by Crippen LogP contribution is -2.34. The van der Waals surface area contributed by atoms with E-state index in [4.69, 9.17) is 4.74 Å². The van der Waals surface area contributed by atoms with E-state index in [0.717, 1.165) is 5.56 Å². The third-order valence-electron chi connectivity index (χ3n) is 4.76. The predicted octanol–water partition coefficient (Wildman–Crippen LogP) is 4.23. The molecule has 0 saturated heterocycles. The Bertz CT molecular complexity index is 986. The van der Waals surface area contributed by atoms with Crippen LogP contribution in [0.4, 0.5) is 10.1 Å². The molecule has 1 aliphatic heterocycles. The zero-order valence-corrected chi connectivity index (χ0v) is 17.0. The first-order chi connectivity index (χ1) is 13.4. The first-order valence-electron chi connectivity index (χ1n) is 8.80. The Morgan fingerprint density at radius 3 is 2.79 bits per heavy atom. The number of esters is 1. The topological polar surface area (TPSA) is 70.4 Å². The van der Waals surface area contributed by atoms with E-state index in [0.29, 0.717) is 21.3 Å². The average Bonchev–Trinajstić information content (AvgIpc) is 2.92. The molecule has 0 aliphatic carbocycles. The van der Waals surface area contributed by atoms with Gasteiger partial charge in [0.1, 0.15) is 5.82 Å². The second kappa shape index (κ2) is 8.11. The van der Waals surface area contributed by atoms with E-state index < -0.39 is 29.5 Å². The first kappa shape index (κ1) is 20.0. The second-order valence-corrected chi connectivity index (χ2v) is 7.43. The molecule has 2 aromatic rings. The Labute approximate surface area is 170 Å². The Morgan fingerprint density at radius 1 is 1.39 bits per heavy atom. The summed E-state index contributed by atoms with van der Waals surface area (Å²) in [6, 6.07) is 11.9. The van der Waals surface area contributed by atoms with E-state index in [1.807, 2.05) is 19.1 Å². The summed E-state index contributed by atoms with van der Waals surface area (Å²) in [7, 11) is 0. The molecule has 5 nitrogen and oxygen atoms in total. The SMILES string of the molecule is CCOC(=O)C(C#N)C1C(=O)N(Cc2ccc(Br)cc2F)c2c(C)cccc21. The number of aryl methyl sites for hydroxylation is 1. The maximum atomic E-state index is 14.4. The number of hydrogen-bond acceptors (Lipinski definition) is 4. The fraction of sp³-hybridized carbons (Fsp3) is 0.286. The van der Waals surface area contributed by atoms with Crippen LogP contribution in [0.5, 0.6) is 0 Å². The minimum Gasteiger partial charge on any atom is -0.465 e. The predicted molar refractivity (Wildman–Crippen MR) is 105 cm³/mol. The maximum absolute atomic E-state index is 14.4. The van der Waals surface area contributed by atoms with E-state index in [2.05, 4.69) is 15.9 Å². The molecule has 28 heavy (non-hydrogen) atoms. The Hall–Kier alpha value is -2.72. The van der Waals surface area contributed by atoms with Crippen molar-refractivity contribution in [1.29, 1.82) is 5.26 Å². The highest BCUT2D eigenvalue weighted by atomic mass is 79.9. The number of amides is 1. The maximum Gasteiger partial charge on any atom is 0.324 e. The summed E-state index contributed by atoms with van der Waals surface area (Å²) in [5.41, 5.74) is 2.36. The van der Waals surface area contributed by atoms with Crippen LogP contribution in [0.3, 0.4) is 0 Å². The summed E-state index contributed by atoms with van der Waals surface area (Å²) in [6.45, 7) is 3.61. The number of nitriles is 1. The van der Waals surface area contributed by atoms with E-state index in [1.54, 1.807) is 31.2 Å². The van der Waals surface area contributed by atoms with Crippen LogP contribution in [0.25, 0.3) is 0 Å². The molecule has 1 heterocycles. The van der Waals surface area contributed by atoms with Gasteiger partial charge in [0.25, 0.3) is 0 Å². The summed E-state index contributed by atoms with van der Waals surface area (Å²) in [5.74, 6) is -3.81. The summed E-state index contributed by atoms with van der Waals surface area (Å²) >= 11 is 3.22. The van der Waals surface area contributed by atoms with Gasteiger partial charge in [0.2, 0.25) is 5.91 Å². The molecule has 0 spiro atoms. The monoisotopic (exact) mass is 444 g/mol. The van der Waals surface area contributed by atoms with Gasteiger partial charge < -0.3 is 9.64 Å². The molecule has 1 aliphatic rings. The highest BCUT2D eigenvalue weighted by molar-refractivity contribution is 9.10. The van der Waals surface area contributed by atoms with Crippen molar-refractivity contribution in [2.75, 3.05) is 11.5 Å². The van der Waals surface area contributed by atoms with Crippen LogP contribution in [-0.2, 0) is 20.9 Å². The van der Waals surface area contributed by atoms with Crippen LogP contribution in [0.15, 0.2) is 40.9 Å². The zero-order chi connectivity index (χ0) is 20.4. The van der Waals surface area contributed by atoms with Gasteiger partial charge in [0.15, 0.2) is 5.92 Å². The van der Waals surface area contributed by atoms with E-state index in [-0.39, 0.29) is 13.2 Å². The van der Waals surface area contributed by atoms with Crippen molar-refractivity contribution < 1.29 is 18.7 Å². The fourth-order valence-electron chi connectivity index (χ4n) is 3.51. The molecule has 0 radical (unpaired) electrons. The zero-order valence-electron chi connectivity index (χ0n) is 15.4. The number of ether oxygens (including phenoxy) is 1. The molecular weight excluding hydrogens is 427 g/mol. The third-order valence-corrected chi connectivity index (χ3v) is 5.26. The molecule has 2 atom stereocenters. The molecule has 3 rings (SSSR count). The first-order valence-corrected chi connectivity index (χ1v) is 9.59. The van der Waals surface area contributed by atoms with Crippen molar-refractivity contribution >= 4 is 33.5 Å². The molecular formula is C21H18BrFN2O3. The van der Waals surface area contributed by atoms with Crippen LogP contribution < -0.4 is 4.90 Å². The van der Waals surface area contributed by atoms with Crippen molar-refractivity contribution in [2.45, 2.75) is 26.3 Å². The highest BCUT2D eigenvalue weighted by Gasteiger charge is 2.46. The van der Waals surface area contributed by atoms with Gasteiger partial charge in [-0.15, -0.1) is 0 Å². The molecule has 0 fully saturated rings. The average molecular weight is 445 g/mol. The van der Waals surface area contributed by atoms with Gasteiger partial charge in [-0.05, 0) is 37.1 Å². The molecule has 2 aromatic carbocycles. The van der Waals surface area contributed by atoms with Gasteiger partial charge in [-0.1, -0.05) is 40.2 Å². The van der Waals surface area contributed by atoms with Crippen LogP contribution in [0.2, 0.25) is 0 Å². The number of halogens is 2. The van der Waals surface area contributed by atoms with Crippen molar-refractivity contribution in [3.05, 3.63) is 63.4 Å². The molecule has 2 unspecified atom stereocenters. The van der Waals surface area contributed by atoms with Gasteiger partial charge >= 0.3 is 5.97 Å². The standard InChI is InChI=1S/C21H18BrFN2O3/c1-3-28-21(27)16(10-24)18-15-6-4-5-12(2)19(15)25(20(18)26)11-13-7-8-14(22)9-17(13)23/h4-9,16,18H,3,11H2,1-2H3. The summed E-state index contributed by atoms with van der Waals surface area (Å²) in [5, 5.41) is 9.56. The van der Waals surface area contributed by atoms with Crippen molar-refractivity contribution in [1.82, 2.24) is 0 Å². The number of benzene rings is 2. The van der Waals surface area contributed by atoms with Crippen LogP contribution in [-0.4, -0.2) is 18.5 Å². The second-order valence-electron chi connectivity index (χ2n) is 6.51. The molecule has 144 valence electrons. The van der Waals surface area contributed by atoms with Gasteiger partial charge in [-0.2, -0.15) is 5.26 Å². The molecule has 0 bridgehead atoms. The smallest absolute Gasteiger partial charge is 0.324 e. The van der Waals surface area contributed by atoms with E-state index >= 15 is 0 Å². The highest BCUT2D eigenvalue weighted by Crippen LogP contribution is 2.44. The summed E-state index contributed by atoms with van der Waals surface area (Å²) in [4.78, 5) is 27.0. The largest absolute Gasteiger partial charge is 0.465 e. The minimum absolute atomic E-state index is 0.00722. The van der Waals surface area contributed by atoms with Gasteiger partial charge in [-0.25, -0.2) is 4.39 Å². The number of hydrogen-bond donors (Lipinski definition) is 0. The summed E-state index contributed by atoms with van der Waals surface area (Å²) in [6.07, 6.45) is 0. The number of para-hydroxylation sites is 1. The molecule has 0 saturated carbocycles. The van der Waals surface area contributed by atoms with Crippen molar-refractivity contribution in [3.8, 4) is 6.07 Å². The normalized spacial score (nSPS) is 16.5. The quantitative estimate of drug-likeness (QED) is 0.646. The number of anilines is 1. The molecule has 0 aromatic heterocycles. The lowest BCUT2D eigenvalue weighted by Gasteiger charge is -2.20. The van der Waals surface area contributed by atoms with Gasteiger partial charge in [0, 0.05) is 10.0 Å². The Kier molecular flexibility index (Phi) is 5.80. The minimum atomic E-state index is -1.26. The molecule has 0 N–H and O–H groups in total. The van der Waals surface area contributed by atoms with Crippen LogP contribution in [0.1, 0.15) is 29.5 Å². The van der Waals surface area contributed by atoms with Crippen LogP contribution in [0, 0.1) is 30.0 Å². The van der Waals surface area contributed by atoms with Gasteiger partial charge in [-0.3, -0.25) is 9.59 Å².